The first-order valence-electron chi connectivity index (χ1n) is 10.1. The highest BCUT2D eigenvalue weighted by Crippen LogP contribution is 2.34. The summed E-state index contributed by atoms with van der Waals surface area (Å²) < 4.78 is 10.8. The molecule has 1 aromatic rings. The molecule has 2 aliphatic heterocycles. The molecule has 1 saturated carbocycles. The quantitative estimate of drug-likeness (QED) is 0.840. The molecule has 3 aliphatic rings. The molecule has 0 aromatic heterocycles. The number of amidine groups is 1. The lowest BCUT2D eigenvalue weighted by molar-refractivity contribution is 0.332. The second-order valence-electron chi connectivity index (χ2n) is 7.58. The molecule has 0 bridgehead atoms. The number of aliphatic imine (C=N–C) groups is 1. The first-order chi connectivity index (χ1) is 13.7. The van der Waals surface area contributed by atoms with Crippen LogP contribution >= 0.6 is 0 Å². The lowest BCUT2D eigenvalue weighted by atomic mass is 9.81. The Morgan fingerprint density at radius 2 is 1.82 bits per heavy atom. The first-order valence-corrected chi connectivity index (χ1v) is 10.1. The number of rotatable bonds is 5. The first kappa shape index (κ1) is 18.8. The summed E-state index contributed by atoms with van der Waals surface area (Å²) in [7, 11) is 5.38. The molecule has 0 atom stereocenters. The number of nitrogens with one attached hydrogen (secondary N) is 1. The van der Waals surface area contributed by atoms with Crippen LogP contribution in [0.2, 0.25) is 0 Å². The van der Waals surface area contributed by atoms with Crippen LogP contribution in [0.25, 0.3) is 5.70 Å². The van der Waals surface area contributed by atoms with Crippen molar-refractivity contribution in [1.29, 1.82) is 0 Å². The fraction of sp³-hybridized carbons (Fsp3) is 0.435. The van der Waals surface area contributed by atoms with E-state index >= 15 is 0 Å². The average molecular weight is 380 g/mol. The zero-order chi connectivity index (χ0) is 19.5. The molecular formula is C23H29N3O2. The van der Waals surface area contributed by atoms with E-state index in [0.29, 0.717) is 12.0 Å². The van der Waals surface area contributed by atoms with Gasteiger partial charge in [-0.05, 0) is 74.6 Å². The molecule has 0 spiro atoms. The Kier molecular flexibility index (Phi) is 5.53. The van der Waals surface area contributed by atoms with E-state index < -0.39 is 0 Å². The number of fused-ring (bicyclic) bond motifs is 1. The normalized spacial score (nSPS) is 24.1. The molecule has 4 rings (SSSR count). The minimum Gasteiger partial charge on any atom is -0.493 e. The highest BCUT2D eigenvalue weighted by atomic mass is 16.5. The molecule has 0 radical (unpaired) electrons. The van der Waals surface area contributed by atoms with Crippen LogP contribution in [-0.4, -0.2) is 44.6 Å². The third-order valence-corrected chi connectivity index (χ3v) is 6.03. The lowest BCUT2D eigenvalue weighted by Gasteiger charge is -2.33. The maximum absolute atomic E-state index is 5.43. The zero-order valence-electron chi connectivity index (χ0n) is 16.9. The number of ether oxygens (including phenoxy) is 2. The molecule has 1 aliphatic carbocycles. The van der Waals surface area contributed by atoms with Gasteiger partial charge in [-0.25, -0.2) is 4.99 Å². The number of hydrogen-bond acceptors (Lipinski definition) is 5. The van der Waals surface area contributed by atoms with Crippen molar-refractivity contribution < 1.29 is 9.47 Å². The van der Waals surface area contributed by atoms with Crippen LogP contribution in [0, 0.1) is 5.92 Å². The number of benzene rings is 1. The second kappa shape index (κ2) is 8.23. The summed E-state index contributed by atoms with van der Waals surface area (Å²) in [4.78, 5) is 7.13. The highest BCUT2D eigenvalue weighted by molar-refractivity contribution is 6.00. The van der Waals surface area contributed by atoms with Crippen LogP contribution in [-0.2, 0) is 0 Å². The van der Waals surface area contributed by atoms with E-state index in [1.165, 1.54) is 31.3 Å². The predicted molar refractivity (Wildman–Crippen MR) is 114 cm³/mol. The summed E-state index contributed by atoms with van der Waals surface area (Å²) >= 11 is 0. The van der Waals surface area contributed by atoms with Gasteiger partial charge in [0, 0.05) is 24.4 Å². The summed E-state index contributed by atoms with van der Waals surface area (Å²) in [6.07, 6.45) is 13.9. The second-order valence-corrected chi connectivity index (χ2v) is 7.58. The fourth-order valence-electron chi connectivity index (χ4n) is 4.29. The number of hydrogen-bond donors (Lipinski definition) is 1. The minimum atomic E-state index is 0.665. The molecule has 5 nitrogen and oxygen atoms in total. The molecule has 1 aromatic carbocycles. The van der Waals surface area contributed by atoms with Crippen LogP contribution in [0.5, 0.6) is 11.5 Å². The monoisotopic (exact) mass is 379 g/mol. The summed E-state index contributed by atoms with van der Waals surface area (Å²) in [6, 6.07) is 6.63. The van der Waals surface area contributed by atoms with Gasteiger partial charge in [-0.2, -0.15) is 0 Å². The Labute approximate surface area is 167 Å². The van der Waals surface area contributed by atoms with Gasteiger partial charge in [-0.3, -0.25) is 0 Å². The number of allylic oxidation sites excluding steroid dienone is 2. The van der Waals surface area contributed by atoms with Crippen molar-refractivity contribution in [2.45, 2.75) is 31.7 Å². The maximum Gasteiger partial charge on any atom is 0.161 e. The van der Waals surface area contributed by atoms with Gasteiger partial charge in [0.1, 0.15) is 5.84 Å². The van der Waals surface area contributed by atoms with Gasteiger partial charge in [0.25, 0.3) is 0 Å². The van der Waals surface area contributed by atoms with E-state index in [1.807, 2.05) is 18.2 Å². The molecule has 148 valence electrons. The number of methoxy groups -OCH3 is 2. The third kappa shape index (κ3) is 3.72. The molecule has 28 heavy (non-hydrogen) atoms. The van der Waals surface area contributed by atoms with Crippen LogP contribution in [0.4, 0.5) is 0 Å². The molecule has 0 saturated heterocycles. The number of nitrogens with zero attached hydrogens (tertiary/aromatic N) is 2. The Morgan fingerprint density at radius 1 is 1.04 bits per heavy atom. The molecule has 5 heteroatoms. The summed E-state index contributed by atoms with van der Waals surface area (Å²) in [5, 5.41) is 3.42. The van der Waals surface area contributed by atoms with Gasteiger partial charge in [-0.1, -0.05) is 6.08 Å². The average Bonchev–Trinajstić information content (AvgIpc) is 2.78. The van der Waals surface area contributed by atoms with Crippen molar-refractivity contribution in [2.24, 2.45) is 10.9 Å². The van der Waals surface area contributed by atoms with E-state index in [9.17, 15) is 0 Å². The third-order valence-electron chi connectivity index (χ3n) is 6.03. The Bertz CT molecular complexity index is 845. The van der Waals surface area contributed by atoms with Crippen molar-refractivity contribution in [3.63, 3.8) is 0 Å². The molecule has 1 N–H and O–H groups in total. The van der Waals surface area contributed by atoms with Crippen LogP contribution in [0.15, 0.2) is 53.2 Å². The maximum atomic E-state index is 5.43. The van der Waals surface area contributed by atoms with Crippen LogP contribution < -0.4 is 14.8 Å². The molecule has 0 amide bonds. The Hall–Kier alpha value is -2.53. The molecule has 0 unspecified atom stereocenters. The van der Waals surface area contributed by atoms with E-state index in [0.717, 1.165) is 35.1 Å². The summed E-state index contributed by atoms with van der Waals surface area (Å²) in [6.45, 7) is 0.836. The van der Waals surface area contributed by atoms with E-state index in [2.05, 4.69) is 41.7 Å². The van der Waals surface area contributed by atoms with Crippen molar-refractivity contribution in [1.82, 2.24) is 10.2 Å². The smallest absolute Gasteiger partial charge is 0.161 e. The molecule has 1 fully saturated rings. The van der Waals surface area contributed by atoms with Gasteiger partial charge in [0.05, 0.1) is 19.9 Å². The fourth-order valence-corrected chi connectivity index (χ4v) is 4.29. The van der Waals surface area contributed by atoms with Gasteiger partial charge in [0.15, 0.2) is 11.5 Å². The molecular weight excluding hydrogens is 350 g/mol. The summed E-state index contributed by atoms with van der Waals surface area (Å²) in [5.41, 5.74) is 3.46. The van der Waals surface area contributed by atoms with Crippen LogP contribution in [0.1, 0.15) is 31.2 Å². The standard InChI is InChI=1S/C23H29N3O2/c1-24-19-8-4-16(5-9-19)18-7-11-23-25-20(12-13-26(23)15-18)17-6-10-21(27-2)22(14-17)28-3/h6-7,10-12,14-16,19,24H,4-5,8-9,13H2,1-3H3/t16-,19+. The molecule has 2 heterocycles. The van der Waals surface area contributed by atoms with Gasteiger partial charge in [0.2, 0.25) is 0 Å². The minimum absolute atomic E-state index is 0.665. The Morgan fingerprint density at radius 3 is 2.54 bits per heavy atom. The largest absolute Gasteiger partial charge is 0.493 e. The topological polar surface area (TPSA) is 46.1 Å². The summed E-state index contributed by atoms with van der Waals surface area (Å²) in [5.74, 6) is 3.12. The van der Waals surface area contributed by atoms with Crippen molar-refractivity contribution >= 4 is 11.5 Å². The van der Waals surface area contributed by atoms with Crippen molar-refractivity contribution in [3.05, 3.63) is 53.8 Å². The zero-order valence-corrected chi connectivity index (χ0v) is 16.9. The van der Waals surface area contributed by atoms with Gasteiger partial charge in [-0.15, -0.1) is 0 Å². The Balaban J connectivity index is 1.48. The van der Waals surface area contributed by atoms with Crippen molar-refractivity contribution in [2.75, 3.05) is 27.8 Å². The van der Waals surface area contributed by atoms with Gasteiger partial charge < -0.3 is 19.7 Å². The van der Waals surface area contributed by atoms with E-state index in [4.69, 9.17) is 14.5 Å². The van der Waals surface area contributed by atoms with Gasteiger partial charge >= 0.3 is 0 Å². The SMILES string of the molecule is CN[C@H]1CC[C@@H](C2=CN3CC=C(c4ccc(OC)c(OC)c4)N=C3C=C2)CC1. The highest BCUT2D eigenvalue weighted by Gasteiger charge is 2.25. The predicted octanol–water partition coefficient (Wildman–Crippen LogP) is 3.99. The van der Waals surface area contributed by atoms with E-state index in [-0.39, 0.29) is 0 Å². The van der Waals surface area contributed by atoms with Crippen molar-refractivity contribution in [3.8, 4) is 11.5 Å². The van der Waals surface area contributed by atoms with E-state index in [1.54, 1.807) is 14.2 Å². The van der Waals surface area contributed by atoms with Crippen LogP contribution in [0.3, 0.4) is 0 Å². The lowest BCUT2D eigenvalue weighted by Crippen LogP contribution is -2.33.